The minimum atomic E-state index is -4.22. The Bertz CT molecular complexity index is 1600. The molecule has 8 nitrogen and oxygen atoms in total. The standard InChI is InChI=1S/C28H24Cl2N4O4S/c1-19-11-13-21(14-12-19)39(37,38)34(25-10-4-8-23(29)27(25)30)18-26(35)33-24-9-3-2-7-22(24)28(36)32-17-20-6-5-15-31-16-20/h2-16H,17-18H2,1H3,(H,32,36)(H,33,35). The van der Waals surface area contributed by atoms with Crippen LogP contribution in [0.4, 0.5) is 11.4 Å². The van der Waals surface area contributed by atoms with E-state index in [1.54, 1.807) is 60.9 Å². The van der Waals surface area contributed by atoms with Gasteiger partial charge in [-0.1, -0.05) is 65.2 Å². The van der Waals surface area contributed by atoms with Crippen molar-refractivity contribution in [1.29, 1.82) is 0 Å². The summed E-state index contributed by atoms with van der Waals surface area (Å²) in [7, 11) is -4.22. The lowest BCUT2D eigenvalue weighted by Gasteiger charge is -2.25. The molecule has 0 unspecified atom stereocenters. The first-order valence-electron chi connectivity index (χ1n) is 11.8. The number of aromatic nitrogens is 1. The number of para-hydroxylation sites is 1. The third kappa shape index (κ3) is 6.75. The number of halogens is 2. The molecular formula is C28H24Cl2N4O4S. The summed E-state index contributed by atoms with van der Waals surface area (Å²) in [6, 6.07) is 20.8. The average molecular weight is 583 g/mol. The van der Waals surface area contributed by atoms with Crippen LogP contribution in [0.25, 0.3) is 0 Å². The van der Waals surface area contributed by atoms with Gasteiger partial charge in [-0.2, -0.15) is 0 Å². The molecule has 1 heterocycles. The Morgan fingerprint density at radius 1 is 0.923 bits per heavy atom. The van der Waals surface area contributed by atoms with Crippen LogP contribution in [0.3, 0.4) is 0 Å². The second kappa shape index (κ2) is 12.3. The number of pyridine rings is 1. The van der Waals surface area contributed by atoms with Crippen molar-refractivity contribution < 1.29 is 18.0 Å². The molecule has 0 bridgehead atoms. The van der Waals surface area contributed by atoms with Gasteiger partial charge in [0, 0.05) is 18.9 Å². The van der Waals surface area contributed by atoms with Gasteiger partial charge in [-0.05, 0) is 55.0 Å². The first kappa shape index (κ1) is 28.1. The minimum Gasteiger partial charge on any atom is -0.348 e. The summed E-state index contributed by atoms with van der Waals surface area (Å²) in [4.78, 5) is 30.1. The molecule has 0 aliphatic carbocycles. The van der Waals surface area contributed by atoms with Crippen LogP contribution >= 0.6 is 23.2 Å². The average Bonchev–Trinajstić information content (AvgIpc) is 2.93. The number of hydrogen-bond donors (Lipinski definition) is 2. The maximum atomic E-state index is 13.7. The van der Waals surface area contributed by atoms with Crippen LogP contribution in [0.2, 0.25) is 10.0 Å². The maximum Gasteiger partial charge on any atom is 0.264 e. The number of nitrogens with zero attached hydrogens (tertiary/aromatic N) is 2. The van der Waals surface area contributed by atoms with Crippen molar-refractivity contribution in [2.45, 2.75) is 18.4 Å². The monoisotopic (exact) mass is 582 g/mol. The van der Waals surface area contributed by atoms with Crippen LogP contribution < -0.4 is 14.9 Å². The number of hydrogen-bond acceptors (Lipinski definition) is 5. The van der Waals surface area contributed by atoms with E-state index in [1.165, 1.54) is 24.3 Å². The predicted molar refractivity (Wildman–Crippen MR) is 153 cm³/mol. The summed E-state index contributed by atoms with van der Waals surface area (Å²) < 4.78 is 28.2. The van der Waals surface area contributed by atoms with E-state index in [4.69, 9.17) is 23.2 Å². The number of carbonyl (C=O) groups excluding carboxylic acids is 2. The number of rotatable bonds is 9. The molecule has 0 fully saturated rings. The van der Waals surface area contributed by atoms with Crippen molar-refractivity contribution in [3.63, 3.8) is 0 Å². The molecule has 0 aliphatic rings. The van der Waals surface area contributed by atoms with Gasteiger partial charge in [0.05, 0.1) is 31.9 Å². The Balaban J connectivity index is 1.60. The molecule has 0 saturated carbocycles. The number of sulfonamides is 1. The summed E-state index contributed by atoms with van der Waals surface area (Å²) >= 11 is 12.5. The molecule has 0 aliphatic heterocycles. The zero-order chi connectivity index (χ0) is 28.0. The maximum absolute atomic E-state index is 13.7. The van der Waals surface area contributed by atoms with Gasteiger partial charge in [0.25, 0.3) is 15.9 Å². The lowest BCUT2D eigenvalue weighted by atomic mass is 10.1. The first-order chi connectivity index (χ1) is 18.7. The topological polar surface area (TPSA) is 108 Å². The zero-order valence-corrected chi connectivity index (χ0v) is 23.1. The van der Waals surface area contributed by atoms with Crippen LogP contribution in [0.15, 0.2) is 96.2 Å². The van der Waals surface area contributed by atoms with E-state index in [9.17, 15) is 18.0 Å². The Morgan fingerprint density at radius 3 is 2.38 bits per heavy atom. The normalized spacial score (nSPS) is 11.1. The van der Waals surface area contributed by atoms with Crippen molar-refractivity contribution in [3.05, 3.63) is 118 Å². The second-order valence-electron chi connectivity index (χ2n) is 8.54. The third-order valence-corrected chi connectivity index (χ3v) is 8.30. The number of aryl methyl sites for hydroxylation is 1. The van der Waals surface area contributed by atoms with Crippen molar-refractivity contribution in [2.75, 3.05) is 16.2 Å². The van der Waals surface area contributed by atoms with Crippen LogP contribution in [0, 0.1) is 6.92 Å². The van der Waals surface area contributed by atoms with E-state index in [2.05, 4.69) is 15.6 Å². The molecule has 4 rings (SSSR count). The summed E-state index contributed by atoms with van der Waals surface area (Å²) in [6.45, 7) is 1.45. The highest BCUT2D eigenvalue weighted by Gasteiger charge is 2.29. The Morgan fingerprint density at radius 2 is 1.67 bits per heavy atom. The van der Waals surface area contributed by atoms with Crippen molar-refractivity contribution in [3.8, 4) is 0 Å². The number of amides is 2. The van der Waals surface area contributed by atoms with E-state index in [0.29, 0.717) is 0 Å². The smallest absolute Gasteiger partial charge is 0.264 e. The second-order valence-corrected chi connectivity index (χ2v) is 11.2. The summed E-state index contributed by atoms with van der Waals surface area (Å²) in [5.74, 6) is -1.11. The zero-order valence-electron chi connectivity index (χ0n) is 20.8. The van der Waals surface area contributed by atoms with Gasteiger partial charge in [-0.3, -0.25) is 18.9 Å². The number of benzene rings is 3. The molecule has 2 amide bonds. The molecule has 0 atom stereocenters. The highest BCUT2D eigenvalue weighted by atomic mass is 35.5. The molecular weight excluding hydrogens is 559 g/mol. The molecule has 200 valence electrons. The minimum absolute atomic E-state index is 0.0159. The molecule has 0 radical (unpaired) electrons. The number of nitrogens with one attached hydrogen (secondary N) is 2. The molecule has 1 aromatic heterocycles. The molecule has 39 heavy (non-hydrogen) atoms. The molecule has 3 aromatic carbocycles. The first-order valence-corrected chi connectivity index (χ1v) is 14.0. The highest BCUT2D eigenvalue weighted by molar-refractivity contribution is 7.92. The summed E-state index contributed by atoms with van der Waals surface area (Å²) in [5.41, 5.74) is 2.15. The largest absolute Gasteiger partial charge is 0.348 e. The van der Waals surface area contributed by atoms with Crippen LogP contribution in [0.5, 0.6) is 0 Å². The van der Waals surface area contributed by atoms with Crippen LogP contribution in [-0.2, 0) is 21.4 Å². The fraction of sp³-hybridized carbons (Fsp3) is 0.107. The van der Waals surface area contributed by atoms with Crippen molar-refractivity contribution >= 4 is 56.4 Å². The molecule has 0 spiro atoms. The summed E-state index contributed by atoms with van der Waals surface area (Å²) in [5, 5.41) is 5.57. The Hall–Kier alpha value is -3.92. The van der Waals surface area contributed by atoms with E-state index in [-0.39, 0.29) is 38.4 Å². The van der Waals surface area contributed by atoms with Gasteiger partial charge in [-0.15, -0.1) is 0 Å². The van der Waals surface area contributed by atoms with Crippen molar-refractivity contribution in [1.82, 2.24) is 10.3 Å². The lowest BCUT2D eigenvalue weighted by molar-refractivity contribution is -0.114. The van der Waals surface area contributed by atoms with Gasteiger partial charge in [-0.25, -0.2) is 8.42 Å². The van der Waals surface area contributed by atoms with Crippen LogP contribution in [-0.4, -0.2) is 31.8 Å². The van der Waals surface area contributed by atoms with Gasteiger partial charge in [0.15, 0.2) is 0 Å². The van der Waals surface area contributed by atoms with Crippen molar-refractivity contribution in [2.24, 2.45) is 0 Å². The SMILES string of the molecule is Cc1ccc(S(=O)(=O)N(CC(=O)Nc2ccccc2C(=O)NCc2cccnc2)c2cccc(Cl)c2Cl)cc1. The third-order valence-electron chi connectivity index (χ3n) is 5.72. The van der Waals surface area contributed by atoms with Gasteiger partial charge >= 0.3 is 0 Å². The molecule has 2 N–H and O–H groups in total. The molecule has 11 heteroatoms. The molecule has 0 saturated heterocycles. The predicted octanol–water partition coefficient (Wildman–Crippen LogP) is 5.46. The summed E-state index contributed by atoms with van der Waals surface area (Å²) in [6.07, 6.45) is 3.27. The quantitative estimate of drug-likeness (QED) is 0.272. The van der Waals surface area contributed by atoms with E-state index >= 15 is 0 Å². The van der Waals surface area contributed by atoms with Gasteiger partial charge in [0.1, 0.15) is 6.54 Å². The Labute approximate surface area is 236 Å². The fourth-order valence-corrected chi connectivity index (χ4v) is 5.59. The van der Waals surface area contributed by atoms with Gasteiger partial charge in [0.2, 0.25) is 5.91 Å². The highest BCUT2D eigenvalue weighted by Crippen LogP contribution is 2.35. The lowest BCUT2D eigenvalue weighted by Crippen LogP contribution is -2.38. The Kier molecular flexibility index (Phi) is 8.86. The number of carbonyl (C=O) groups is 2. The van der Waals surface area contributed by atoms with E-state index < -0.39 is 28.4 Å². The molecule has 4 aromatic rings. The fourth-order valence-electron chi connectivity index (χ4n) is 3.71. The van der Waals surface area contributed by atoms with Crippen LogP contribution in [0.1, 0.15) is 21.5 Å². The number of anilines is 2. The van der Waals surface area contributed by atoms with Gasteiger partial charge < -0.3 is 10.6 Å². The van der Waals surface area contributed by atoms with E-state index in [0.717, 1.165) is 15.4 Å². The van der Waals surface area contributed by atoms with E-state index in [1.807, 2.05) is 13.0 Å².